The minimum atomic E-state index is -0.114. The van der Waals surface area contributed by atoms with Gasteiger partial charge in [0.15, 0.2) is 0 Å². The van der Waals surface area contributed by atoms with Gasteiger partial charge in [-0.2, -0.15) is 11.8 Å². The average Bonchev–Trinajstić information content (AvgIpc) is 2.74. The zero-order valence-corrected chi connectivity index (χ0v) is 11.3. The second kappa shape index (κ2) is 5.40. The molecule has 0 amide bonds. The van der Waals surface area contributed by atoms with E-state index in [1.807, 2.05) is 30.8 Å². The standard InChI is InChI=1S/C14H20FNS/c1-11(12-6-3-4-7-13(12)15)16-10-14(2)8-5-9-17-14/h3-4,6-7,11,16H,5,8-10H2,1-2H3. The Bertz CT molecular complexity index is 374. The molecule has 2 rings (SSSR count). The Morgan fingerprint density at radius 3 is 2.88 bits per heavy atom. The minimum Gasteiger partial charge on any atom is -0.309 e. The number of rotatable bonds is 4. The third-order valence-electron chi connectivity index (χ3n) is 3.45. The summed E-state index contributed by atoms with van der Waals surface area (Å²) in [5.41, 5.74) is 0.763. The maximum atomic E-state index is 13.6. The molecular formula is C14H20FNS. The van der Waals surface area contributed by atoms with E-state index in [-0.39, 0.29) is 11.9 Å². The van der Waals surface area contributed by atoms with Crippen molar-refractivity contribution in [3.05, 3.63) is 35.6 Å². The Morgan fingerprint density at radius 2 is 2.24 bits per heavy atom. The molecule has 2 atom stereocenters. The van der Waals surface area contributed by atoms with Gasteiger partial charge in [-0.05, 0) is 38.5 Å². The van der Waals surface area contributed by atoms with E-state index in [1.165, 1.54) is 24.7 Å². The van der Waals surface area contributed by atoms with Crippen molar-refractivity contribution in [3.63, 3.8) is 0 Å². The molecule has 1 fully saturated rings. The lowest BCUT2D eigenvalue weighted by Gasteiger charge is -2.26. The summed E-state index contributed by atoms with van der Waals surface area (Å²) in [6.45, 7) is 5.28. The fourth-order valence-corrected chi connectivity index (χ4v) is 3.54. The molecule has 0 saturated carbocycles. The van der Waals surface area contributed by atoms with Crippen LogP contribution in [-0.2, 0) is 0 Å². The number of hydrogen-bond donors (Lipinski definition) is 1. The third-order valence-corrected chi connectivity index (χ3v) is 4.99. The Labute approximate surface area is 107 Å². The normalized spacial score (nSPS) is 26.1. The quantitative estimate of drug-likeness (QED) is 0.877. The Balaban J connectivity index is 1.93. The van der Waals surface area contributed by atoms with Gasteiger partial charge in [0.25, 0.3) is 0 Å². The summed E-state index contributed by atoms with van der Waals surface area (Å²) >= 11 is 2.03. The molecule has 0 spiro atoms. The first-order chi connectivity index (χ1) is 8.11. The number of thioether (sulfide) groups is 1. The Morgan fingerprint density at radius 1 is 1.47 bits per heavy atom. The Kier molecular flexibility index (Phi) is 4.10. The van der Waals surface area contributed by atoms with Gasteiger partial charge in [-0.3, -0.25) is 0 Å². The first-order valence-electron chi connectivity index (χ1n) is 6.22. The van der Waals surface area contributed by atoms with Crippen molar-refractivity contribution in [3.8, 4) is 0 Å². The highest BCUT2D eigenvalue weighted by Gasteiger charge is 2.29. The van der Waals surface area contributed by atoms with Crippen molar-refractivity contribution >= 4 is 11.8 Å². The summed E-state index contributed by atoms with van der Waals surface area (Å²) in [7, 11) is 0. The van der Waals surface area contributed by atoms with Crippen LogP contribution in [0.5, 0.6) is 0 Å². The van der Waals surface area contributed by atoms with Crippen LogP contribution in [0.1, 0.15) is 38.3 Å². The molecule has 1 aliphatic rings. The van der Waals surface area contributed by atoms with Crippen LogP contribution < -0.4 is 5.32 Å². The van der Waals surface area contributed by atoms with Gasteiger partial charge in [-0.15, -0.1) is 0 Å². The van der Waals surface area contributed by atoms with Gasteiger partial charge in [-0.25, -0.2) is 4.39 Å². The van der Waals surface area contributed by atoms with E-state index in [0.717, 1.165) is 12.1 Å². The van der Waals surface area contributed by atoms with Crippen molar-refractivity contribution in [2.75, 3.05) is 12.3 Å². The monoisotopic (exact) mass is 253 g/mol. The predicted molar refractivity (Wildman–Crippen MR) is 72.9 cm³/mol. The van der Waals surface area contributed by atoms with E-state index < -0.39 is 0 Å². The van der Waals surface area contributed by atoms with Gasteiger partial charge in [0.1, 0.15) is 5.82 Å². The molecule has 1 aromatic carbocycles. The largest absolute Gasteiger partial charge is 0.309 e. The van der Waals surface area contributed by atoms with E-state index >= 15 is 0 Å². The van der Waals surface area contributed by atoms with Crippen LogP contribution in [-0.4, -0.2) is 17.0 Å². The van der Waals surface area contributed by atoms with Crippen molar-refractivity contribution < 1.29 is 4.39 Å². The van der Waals surface area contributed by atoms with Crippen LogP contribution in [0.3, 0.4) is 0 Å². The van der Waals surface area contributed by atoms with E-state index in [1.54, 1.807) is 6.07 Å². The Hall–Kier alpha value is -0.540. The summed E-state index contributed by atoms with van der Waals surface area (Å²) < 4.78 is 13.9. The first-order valence-corrected chi connectivity index (χ1v) is 7.21. The third kappa shape index (κ3) is 3.23. The summed E-state index contributed by atoms with van der Waals surface area (Å²) in [6.07, 6.45) is 2.56. The fraction of sp³-hybridized carbons (Fsp3) is 0.571. The molecule has 2 unspecified atom stereocenters. The van der Waals surface area contributed by atoms with Crippen molar-refractivity contribution in [1.29, 1.82) is 0 Å². The first kappa shape index (κ1) is 12.9. The molecule has 3 heteroatoms. The lowest BCUT2D eigenvalue weighted by Crippen LogP contribution is -2.34. The molecule has 1 N–H and O–H groups in total. The molecule has 0 aliphatic carbocycles. The van der Waals surface area contributed by atoms with Crippen molar-refractivity contribution in [2.24, 2.45) is 0 Å². The highest BCUT2D eigenvalue weighted by Crippen LogP contribution is 2.37. The molecule has 1 nitrogen and oxygen atoms in total. The highest BCUT2D eigenvalue weighted by atomic mass is 32.2. The zero-order chi connectivity index (χ0) is 12.3. The van der Waals surface area contributed by atoms with Crippen LogP contribution in [0.4, 0.5) is 4.39 Å². The smallest absolute Gasteiger partial charge is 0.127 e. The maximum Gasteiger partial charge on any atom is 0.127 e. The molecule has 1 aliphatic heterocycles. The molecule has 1 heterocycles. The fourth-order valence-electron chi connectivity index (χ4n) is 2.28. The molecule has 1 saturated heterocycles. The SMILES string of the molecule is CC(NCC1(C)CCCS1)c1ccccc1F. The molecule has 0 bridgehead atoms. The topological polar surface area (TPSA) is 12.0 Å². The van der Waals surface area contributed by atoms with E-state index in [0.29, 0.717) is 4.75 Å². The molecule has 0 radical (unpaired) electrons. The molecule has 0 aromatic heterocycles. The number of halogens is 1. The number of benzene rings is 1. The zero-order valence-electron chi connectivity index (χ0n) is 10.5. The van der Waals surface area contributed by atoms with E-state index in [4.69, 9.17) is 0 Å². The number of hydrogen-bond acceptors (Lipinski definition) is 2. The van der Waals surface area contributed by atoms with Crippen LogP contribution in [0.25, 0.3) is 0 Å². The second-order valence-electron chi connectivity index (χ2n) is 5.03. The van der Waals surface area contributed by atoms with Crippen LogP contribution >= 0.6 is 11.8 Å². The van der Waals surface area contributed by atoms with Crippen molar-refractivity contribution in [1.82, 2.24) is 5.32 Å². The van der Waals surface area contributed by atoms with Gasteiger partial charge in [-0.1, -0.05) is 18.2 Å². The van der Waals surface area contributed by atoms with Gasteiger partial charge < -0.3 is 5.32 Å². The van der Waals surface area contributed by atoms with Gasteiger partial charge >= 0.3 is 0 Å². The molecule has 1 aromatic rings. The molecule has 94 valence electrons. The molecular weight excluding hydrogens is 233 g/mol. The van der Waals surface area contributed by atoms with Gasteiger partial charge in [0.05, 0.1) is 0 Å². The lowest BCUT2D eigenvalue weighted by atomic mass is 10.0. The van der Waals surface area contributed by atoms with Crippen molar-refractivity contribution in [2.45, 2.75) is 37.5 Å². The minimum absolute atomic E-state index is 0.0780. The summed E-state index contributed by atoms with van der Waals surface area (Å²) in [4.78, 5) is 0. The summed E-state index contributed by atoms with van der Waals surface area (Å²) in [5.74, 6) is 1.14. The summed E-state index contributed by atoms with van der Waals surface area (Å²) in [5, 5.41) is 3.46. The van der Waals surface area contributed by atoms with Gasteiger partial charge in [0.2, 0.25) is 0 Å². The maximum absolute atomic E-state index is 13.6. The lowest BCUT2D eigenvalue weighted by molar-refractivity contribution is 0.475. The predicted octanol–water partition coefficient (Wildman–Crippen LogP) is 3.76. The summed E-state index contributed by atoms with van der Waals surface area (Å²) in [6, 6.07) is 7.09. The molecule has 17 heavy (non-hydrogen) atoms. The highest BCUT2D eigenvalue weighted by molar-refractivity contribution is 8.00. The van der Waals surface area contributed by atoms with E-state index in [9.17, 15) is 4.39 Å². The van der Waals surface area contributed by atoms with Crippen LogP contribution in [0.15, 0.2) is 24.3 Å². The van der Waals surface area contributed by atoms with Crippen LogP contribution in [0, 0.1) is 5.82 Å². The second-order valence-corrected chi connectivity index (χ2v) is 6.71. The number of nitrogens with one attached hydrogen (secondary N) is 1. The van der Waals surface area contributed by atoms with E-state index in [2.05, 4.69) is 12.2 Å². The van der Waals surface area contributed by atoms with Gasteiger partial charge in [0, 0.05) is 22.9 Å². The average molecular weight is 253 g/mol. The van der Waals surface area contributed by atoms with Crippen LogP contribution in [0.2, 0.25) is 0 Å².